The van der Waals surface area contributed by atoms with Crippen molar-refractivity contribution in [1.82, 2.24) is 5.32 Å². The number of amides is 1. The Labute approximate surface area is 152 Å². The number of hydrogen-bond donors (Lipinski definition) is 1. The van der Waals surface area contributed by atoms with Crippen LogP contribution in [0, 0.1) is 5.82 Å². The van der Waals surface area contributed by atoms with Crippen molar-refractivity contribution in [2.24, 2.45) is 0 Å². The molecule has 0 fully saturated rings. The van der Waals surface area contributed by atoms with Crippen molar-refractivity contribution in [1.29, 1.82) is 0 Å². The van der Waals surface area contributed by atoms with E-state index in [9.17, 15) is 14.0 Å². The number of hydrogen-bond acceptors (Lipinski definition) is 3. The summed E-state index contributed by atoms with van der Waals surface area (Å²) in [4.78, 5) is 23.9. The van der Waals surface area contributed by atoms with Crippen molar-refractivity contribution in [3.63, 3.8) is 0 Å². The van der Waals surface area contributed by atoms with Crippen LogP contribution in [0.15, 0.2) is 42.5 Å². The van der Waals surface area contributed by atoms with E-state index < -0.39 is 24.3 Å². The smallest absolute Gasteiger partial charge is 0.341 e. The summed E-state index contributed by atoms with van der Waals surface area (Å²) in [5.74, 6) is -1.93. The predicted molar refractivity (Wildman–Crippen MR) is 96.3 cm³/mol. The Bertz CT molecular complexity index is 819. The van der Waals surface area contributed by atoms with Gasteiger partial charge in [-0.3, -0.25) is 4.79 Å². The van der Waals surface area contributed by atoms with Gasteiger partial charge >= 0.3 is 5.97 Å². The number of rotatable bonds is 5. The molecule has 0 saturated carbocycles. The van der Waals surface area contributed by atoms with Crippen LogP contribution < -0.4 is 5.32 Å². The molecule has 26 heavy (non-hydrogen) atoms. The summed E-state index contributed by atoms with van der Waals surface area (Å²) >= 11 is 0. The second kappa shape index (κ2) is 8.13. The summed E-state index contributed by atoms with van der Waals surface area (Å²) in [5, 5.41) is 2.81. The Hall–Kier alpha value is -2.69. The van der Waals surface area contributed by atoms with Crippen molar-refractivity contribution < 1.29 is 18.7 Å². The van der Waals surface area contributed by atoms with Crippen molar-refractivity contribution in [3.05, 3.63) is 70.5 Å². The van der Waals surface area contributed by atoms with Gasteiger partial charge in [0.15, 0.2) is 6.61 Å². The quantitative estimate of drug-likeness (QED) is 0.832. The standard InChI is InChI=1S/C21H22FNO3/c1-14(16-11-10-15-6-2-3-7-17(15)12-16)23-20(24)13-26-21(25)18-8-4-5-9-19(18)22/h4-5,8-12,14H,2-3,6-7,13H2,1H3,(H,23,24). The number of carbonyl (C=O) groups is 2. The van der Waals surface area contributed by atoms with Crippen LogP contribution in [0.2, 0.25) is 0 Å². The SMILES string of the molecule is CC(NC(=O)COC(=O)c1ccccc1F)c1ccc2c(c1)CCCC2. The summed E-state index contributed by atoms with van der Waals surface area (Å²) in [6.07, 6.45) is 4.61. The van der Waals surface area contributed by atoms with E-state index in [-0.39, 0.29) is 11.6 Å². The molecule has 5 heteroatoms. The molecule has 136 valence electrons. The first-order valence-electron chi connectivity index (χ1n) is 8.87. The van der Waals surface area contributed by atoms with Gasteiger partial charge in [-0.25, -0.2) is 9.18 Å². The molecule has 1 atom stereocenters. The first kappa shape index (κ1) is 18.1. The molecular weight excluding hydrogens is 333 g/mol. The second-order valence-corrected chi connectivity index (χ2v) is 6.58. The Morgan fingerprint density at radius 3 is 2.62 bits per heavy atom. The number of carbonyl (C=O) groups excluding carboxylic acids is 2. The third-order valence-electron chi connectivity index (χ3n) is 4.68. The predicted octanol–water partition coefficient (Wildman–Crippen LogP) is 3.74. The monoisotopic (exact) mass is 355 g/mol. The van der Waals surface area contributed by atoms with Crippen molar-refractivity contribution in [2.45, 2.75) is 38.6 Å². The van der Waals surface area contributed by atoms with E-state index in [1.807, 2.05) is 13.0 Å². The largest absolute Gasteiger partial charge is 0.452 e. The Morgan fingerprint density at radius 1 is 1.12 bits per heavy atom. The van der Waals surface area contributed by atoms with E-state index >= 15 is 0 Å². The van der Waals surface area contributed by atoms with Crippen molar-refractivity contribution in [2.75, 3.05) is 6.61 Å². The molecule has 3 rings (SSSR count). The fourth-order valence-electron chi connectivity index (χ4n) is 3.22. The Kier molecular flexibility index (Phi) is 5.66. The van der Waals surface area contributed by atoms with E-state index in [0.29, 0.717) is 0 Å². The van der Waals surface area contributed by atoms with Crippen LogP contribution in [-0.4, -0.2) is 18.5 Å². The second-order valence-electron chi connectivity index (χ2n) is 6.58. The van der Waals surface area contributed by atoms with Crippen LogP contribution in [0.3, 0.4) is 0 Å². The summed E-state index contributed by atoms with van der Waals surface area (Å²) in [5.41, 5.74) is 3.58. The van der Waals surface area contributed by atoms with E-state index in [4.69, 9.17) is 4.74 Å². The van der Waals surface area contributed by atoms with E-state index in [2.05, 4.69) is 17.4 Å². The molecule has 2 aromatic carbocycles. The number of benzene rings is 2. The van der Waals surface area contributed by atoms with Crippen LogP contribution >= 0.6 is 0 Å². The summed E-state index contributed by atoms with van der Waals surface area (Å²) in [7, 11) is 0. The minimum Gasteiger partial charge on any atom is -0.452 e. The molecular formula is C21H22FNO3. The number of aryl methyl sites for hydroxylation is 2. The third kappa shape index (κ3) is 4.28. The van der Waals surface area contributed by atoms with Gasteiger partial charge in [0.05, 0.1) is 11.6 Å². The summed E-state index contributed by atoms with van der Waals surface area (Å²) < 4.78 is 18.4. The van der Waals surface area contributed by atoms with Crippen molar-refractivity contribution >= 4 is 11.9 Å². The van der Waals surface area contributed by atoms with Crippen LogP contribution in [0.5, 0.6) is 0 Å². The molecule has 2 aromatic rings. The maximum absolute atomic E-state index is 13.5. The van der Waals surface area contributed by atoms with Gasteiger partial charge in [-0.15, -0.1) is 0 Å². The summed E-state index contributed by atoms with van der Waals surface area (Å²) in [6, 6.07) is 11.6. The number of fused-ring (bicyclic) bond motifs is 1. The molecule has 4 nitrogen and oxygen atoms in total. The van der Waals surface area contributed by atoms with Gasteiger partial charge in [-0.2, -0.15) is 0 Å². The Morgan fingerprint density at radius 2 is 1.85 bits per heavy atom. The molecule has 0 spiro atoms. The zero-order valence-electron chi connectivity index (χ0n) is 14.8. The normalized spacial score (nSPS) is 14.2. The summed E-state index contributed by atoms with van der Waals surface area (Å²) in [6.45, 7) is 1.45. The van der Waals surface area contributed by atoms with Gasteiger partial charge in [0.1, 0.15) is 5.82 Å². The van der Waals surface area contributed by atoms with Crippen LogP contribution in [0.25, 0.3) is 0 Å². The lowest BCUT2D eigenvalue weighted by atomic mass is 9.89. The number of nitrogens with one attached hydrogen (secondary N) is 1. The molecule has 0 saturated heterocycles. The van der Waals surface area contributed by atoms with Gasteiger partial charge in [0.2, 0.25) is 0 Å². The lowest BCUT2D eigenvalue weighted by molar-refractivity contribution is -0.124. The molecule has 1 unspecified atom stereocenters. The first-order valence-corrected chi connectivity index (χ1v) is 8.87. The maximum Gasteiger partial charge on any atom is 0.341 e. The van der Waals surface area contributed by atoms with Gasteiger partial charge in [0, 0.05) is 0 Å². The molecule has 1 aliphatic carbocycles. The number of halogens is 1. The molecule has 1 aliphatic rings. The fourth-order valence-corrected chi connectivity index (χ4v) is 3.22. The van der Waals surface area contributed by atoms with Gasteiger partial charge in [0.25, 0.3) is 5.91 Å². The molecule has 0 heterocycles. The van der Waals surface area contributed by atoms with Crippen molar-refractivity contribution in [3.8, 4) is 0 Å². The average molecular weight is 355 g/mol. The molecule has 0 aromatic heterocycles. The zero-order valence-corrected chi connectivity index (χ0v) is 14.8. The fraction of sp³-hybridized carbons (Fsp3) is 0.333. The molecule has 0 aliphatic heterocycles. The Balaban J connectivity index is 1.54. The lowest BCUT2D eigenvalue weighted by Crippen LogP contribution is -2.31. The highest BCUT2D eigenvalue weighted by Gasteiger charge is 2.17. The van der Waals surface area contributed by atoms with E-state index in [1.54, 1.807) is 0 Å². The molecule has 0 bridgehead atoms. The van der Waals surface area contributed by atoms with E-state index in [0.717, 1.165) is 18.4 Å². The van der Waals surface area contributed by atoms with Crippen LogP contribution in [-0.2, 0) is 22.4 Å². The molecule has 1 amide bonds. The third-order valence-corrected chi connectivity index (χ3v) is 4.68. The van der Waals surface area contributed by atoms with Crippen LogP contribution in [0.1, 0.15) is 52.9 Å². The molecule has 1 N–H and O–H groups in total. The van der Waals surface area contributed by atoms with Gasteiger partial charge in [-0.05, 0) is 61.4 Å². The first-order chi connectivity index (χ1) is 12.5. The van der Waals surface area contributed by atoms with Crippen LogP contribution in [0.4, 0.5) is 4.39 Å². The van der Waals surface area contributed by atoms with E-state index in [1.165, 1.54) is 48.2 Å². The lowest BCUT2D eigenvalue weighted by Gasteiger charge is -2.20. The minimum absolute atomic E-state index is 0.178. The number of ether oxygens (including phenoxy) is 1. The highest BCUT2D eigenvalue weighted by atomic mass is 19.1. The highest BCUT2D eigenvalue weighted by molar-refractivity contribution is 5.91. The molecule has 0 radical (unpaired) electrons. The topological polar surface area (TPSA) is 55.4 Å². The van der Waals surface area contributed by atoms with Gasteiger partial charge < -0.3 is 10.1 Å². The highest BCUT2D eigenvalue weighted by Crippen LogP contribution is 2.24. The maximum atomic E-state index is 13.5. The average Bonchev–Trinajstić information content (AvgIpc) is 2.66. The zero-order chi connectivity index (χ0) is 18.5. The minimum atomic E-state index is -0.848. The van der Waals surface area contributed by atoms with Gasteiger partial charge in [-0.1, -0.05) is 30.3 Å². The number of esters is 1.